The molecule has 1 aromatic rings. The summed E-state index contributed by atoms with van der Waals surface area (Å²) in [6, 6.07) is 4.41. The van der Waals surface area contributed by atoms with Crippen LogP contribution in [0.5, 0.6) is 0 Å². The van der Waals surface area contributed by atoms with Gasteiger partial charge in [0, 0.05) is 12.1 Å². The van der Waals surface area contributed by atoms with Gasteiger partial charge >= 0.3 is 0 Å². The highest BCUT2D eigenvalue weighted by atomic mass is 79.9. The molecule has 2 rings (SSSR count). The van der Waals surface area contributed by atoms with E-state index in [1.807, 2.05) is 0 Å². The molecule has 18 heavy (non-hydrogen) atoms. The van der Waals surface area contributed by atoms with Crippen molar-refractivity contribution in [3.63, 3.8) is 0 Å². The van der Waals surface area contributed by atoms with Crippen LogP contribution in [-0.2, 0) is 0 Å². The first-order chi connectivity index (χ1) is 8.59. The second kappa shape index (κ2) is 5.80. The molecule has 0 saturated heterocycles. The van der Waals surface area contributed by atoms with Crippen LogP contribution in [0.1, 0.15) is 36.0 Å². The Hall–Kier alpha value is -0.940. The molecule has 0 bridgehead atoms. The zero-order valence-electron chi connectivity index (χ0n) is 9.96. The Labute approximate surface area is 114 Å². The minimum absolute atomic E-state index is 0.00460. The summed E-state index contributed by atoms with van der Waals surface area (Å²) < 4.78 is 13.5. The number of carbonyl (C=O) groups excluding carboxylic acids is 1. The molecule has 1 aliphatic carbocycles. The second-order valence-corrected chi connectivity index (χ2v) is 5.42. The molecule has 3 N–H and O–H groups in total. The molecule has 0 radical (unpaired) electrons. The highest BCUT2D eigenvalue weighted by Crippen LogP contribution is 2.22. The van der Waals surface area contributed by atoms with E-state index < -0.39 is 5.82 Å². The number of carbonyl (C=O) groups is 1. The van der Waals surface area contributed by atoms with Crippen LogP contribution in [0, 0.1) is 5.82 Å². The maximum Gasteiger partial charge on any atom is 0.252 e. The largest absolute Gasteiger partial charge is 0.348 e. The average molecular weight is 315 g/mol. The molecular formula is C13H16BrFN2O. The van der Waals surface area contributed by atoms with Gasteiger partial charge in [0.2, 0.25) is 0 Å². The van der Waals surface area contributed by atoms with Crippen molar-refractivity contribution in [2.45, 2.75) is 37.8 Å². The number of benzene rings is 1. The third-order valence-electron chi connectivity index (χ3n) is 3.33. The quantitative estimate of drug-likeness (QED) is 0.881. The predicted octanol–water partition coefficient (Wildman–Crippen LogP) is 2.59. The summed E-state index contributed by atoms with van der Waals surface area (Å²) in [5, 5.41) is 2.89. The zero-order chi connectivity index (χ0) is 13.1. The maximum absolute atomic E-state index is 13.3. The molecule has 0 heterocycles. The van der Waals surface area contributed by atoms with E-state index in [-0.39, 0.29) is 22.5 Å². The van der Waals surface area contributed by atoms with Crippen molar-refractivity contribution in [2.75, 3.05) is 0 Å². The van der Waals surface area contributed by atoms with Crippen LogP contribution >= 0.6 is 15.9 Å². The van der Waals surface area contributed by atoms with Crippen LogP contribution in [0.2, 0.25) is 0 Å². The zero-order valence-corrected chi connectivity index (χ0v) is 11.5. The fraction of sp³-hybridized carbons (Fsp3) is 0.462. The van der Waals surface area contributed by atoms with E-state index in [4.69, 9.17) is 5.73 Å². The molecule has 0 aliphatic heterocycles. The number of hydrogen-bond acceptors (Lipinski definition) is 2. The van der Waals surface area contributed by atoms with E-state index in [0.29, 0.717) is 5.56 Å². The fourth-order valence-electron chi connectivity index (χ4n) is 2.26. The monoisotopic (exact) mass is 314 g/mol. The minimum Gasteiger partial charge on any atom is -0.348 e. The minimum atomic E-state index is -0.435. The van der Waals surface area contributed by atoms with Crippen molar-refractivity contribution in [2.24, 2.45) is 5.73 Å². The van der Waals surface area contributed by atoms with Crippen molar-refractivity contribution in [1.82, 2.24) is 5.32 Å². The van der Waals surface area contributed by atoms with E-state index in [9.17, 15) is 9.18 Å². The van der Waals surface area contributed by atoms with E-state index >= 15 is 0 Å². The third kappa shape index (κ3) is 2.90. The summed E-state index contributed by atoms with van der Waals surface area (Å²) >= 11 is 3.09. The molecule has 1 aliphatic rings. The molecule has 3 nitrogen and oxygen atoms in total. The first-order valence-corrected chi connectivity index (χ1v) is 6.89. The van der Waals surface area contributed by atoms with Crippen LogP contribution in [0.25, 0.3) is 0 Å². The number of halogens is 2. The molecule has 1 amide bonds. The van der Waals surface area contributed by atoms with Gasteiger partial charge in [0.25, 0.3) is 5.91 Å². The normalized spacial score (nSPS) is 23.7. The smallest absolute Gasteiger partial charge is 0.252 e. The second-order valence-electron chi connectivity index (χ2n) is 4.63. The molecule has 5 heteroatoms. The lowest BCUT2D eigenvalue weighted by Crippen LogP contribution is -2.49. The van der Waals surface area contributed by atoms with Gasteiger partial charge in [0.05, 0.1) is 10.0 Å². The van der Waals surface area contributed by atoms with Crippen molar-refractivity contribution >= 4 is 21.8 Å². The molecule has 2 atom stereocenters. The summed E-state index contributed by atoms with van der Waals surface area (Å²) in [4.78, 5) is 12.1. The van der Waals surface area contributed by atoms with Gasteiger partial charge in [0.15, 0.2) is 0 Å². The van der Waals surface area contributed by atoms with Gasteiger partial charge in [-0.1, -0.05) is 18.9 Å². The summed E-state index contributed by atoms with van der Waals surface area (Å²) in [5.41, 5.74) is 6.29. The summed E-state index contributed by atoms with van der Waals surface area (Å²) in [6.45, 7) is 0. The molecule has 1 fully saturated rings. The van der Waals surface area contributed by atoms with Gasteiger partial charge < -0.3 is 11.1 Å². The highest BCUT2D eigenvalue weighted by Gasteiger charge is 2.24. The van der Waals surface area contributed by atoms with E-state index in [1.54, 1.807) is 6.07 Å². The van der Waals surface area contributed by atoms with Crippen LogP contribution in [-0.4, -0.2) is 18.0 Å². The Morgan fingerprint density at radius 2 is 2.11 bits per heavy atom. The highest BCUT2D eigenvalue weighted by molar-refractivity contribution is 9.10. The van der Waals surface area contributed by atoms with Gasteiger partial charge in [-0.2, -0.15) is 0 Å². The molecule has 98 valence electrons. The number of hydrogen-bond donors (Lipinski definition) is 2. The topological polar surface area (TPSA) is 55.1 Å². The molecule has 1 saturated carbocycles. The lowest BCUT2D eigenvalue weighted by molar-refractivity contribution is 0.0920. The first kappa shape index (κ1) is 13.5. The van der Waals surface area contributed by atoms with E-state index in [2.05, 4.69) is 21.2 Å². The molecular weight excluding hydrogens is 299 g/mol. The lowest BCUT2D eigenvalue weighted by atomic mass is 9.91. The van der Waals surface area contributed by atoms with Crippen molar-refractivity contribution in [1.29, 1.82) is 0 Å². The van der Waals surface area contributed by atoms with Crippen LogP contribution < -0.4 is 11.1 Å². The Bertz CT molecular complexity index is 453. The van der Waals surface area contributed by atoms with Crippen LogP contribution in [0.15, 0.2) is 22.7 Å². The van der Waals surface area contributed by atoms with Gasteiger partial charge in [-0.3, -0.25) is 4.79 Å². The number of amides is 1. The Morgan fingerprint density at radius 1 is 1.39 bits per heavy atom. The van der Waals surface area contributed by atoms with Crippen LogP contribution in [0.3, 0.4) is 0 Å². The Kier molecular flexibility index (Phi) is 4.35. The van der Waals surface area contributed by atoms with Gasteiger partial charge in [-0.05, 0) is 40.9 Å². The fourth-order valence-corrected chi connectivity index (χ4v) is 2.71. The van der Waals surface area contributed by atoms with Gasteiger partial charge in [-0.15, -0.1) is 0 Å². The van der Waals surface area contributed by atoms with Gasteiger partial charge in [0.1, 0.15) is 5.82 Å². The third-order valence-corrected chi connectivity index (χ3v) is 4.14. The van der Waals surface area contributed by atoms with Crippen molar-refractivity contribution < 1.29 is 9.18 Å². The van der Waals surface area contributed by atoms with Crippen molar-refractivity contribution in [3.05, 3.63) is 34.1 Å². The molecule has 1 aromatic carbocycles. The van der Waals surface area contributed by atoms with Gasteiger partial charge in [-0.25, -0.2) is 4.39 Å². The van der Waals surface area contributed by atoms with E-state index in [1.165, 1.54) is 12.1 Å². The number of nitrogens with one attached hydrogen (secondary N) is 1. The number of rotatable bonds is 2. The predicted molar refractivity (Wildman–Crippen MR) is 71.8 cm³/mol. The average Bonchev–Trinajstić information content (AvgIpc) is 2.35. The first-order valence-electron chi connectivity index (χ1n) is 6.10. The molecule has 0 aromatic heterocycles. The standard InChI is InChI=1S/C13H16BrFN2O/c14-12-8(4-3-5-9(12)15)13(18)17-11-7-2-1-6-10(11)16/h3-5,10-11H,1-2,6-7,16H2,(H,17,18). The van der Waals surface area contributed by atoms with Crippen molar-refractivity contribution in [3.8, 4) is 0 Å². The number of nitrogens with two attached hydrogens (primary N) is 1. The Balaban J connectivity index is 2.09. The lowest BCUT2D eigenvalue weighted by Gasteiger charge is -2.29. The summed E-state index contributed by atoms with van der Waals surface area (Å²) in [7, 11) is 0. The van der Waals surface area contributed by atoms with Crippen LogP contribution in [0.4, 0.5) is 4.39 Å². The SMILES string of the molecule is NC1CCCCC1NC(=O)c1cccc(F)c1Br. The summed E-state index contributed by atoms with van der Waals surface area (Å²) in [6.07, 6.45) is 4.00. The Morgan fingerprint density at radius 3 is 2.83 bits per heavy atom. The summed E-state index contributed by atoms with van der Waals surface area (Å²) in [5.74, 6) is -0.709. The van der Waals surface area contributed by atoms with E-state index in [0.717, 1.165) is 25.7 Å². The molecule has 2 unspecified atom stereocenters. The molecule has 0 spiro atoms. The maximum atomic E-state index is 13.3.